The average Bonchev–Trinajstić information content (AvgIpc) is 2.65. The summed E-state index contributed by atoms with van der Waals surface area (Å²) in [6.45, 7) is 5.84. The van der Waals surface area contributed by atoms with E-state index in [0.717, 1.165) is 5.57 Å². The Morgan fingerprint density at radius 1 is 1.31 bits per heavy atom. The normalized spacial score (nSPS) is 15.2. The Labute approximate surface area is 156 Å². The standard InChI is InChI=1S/C22H30O4/c1-15(2)10-13-18-19(25-3)14-17(20(21(18)23)22(24)26-4)12-11-16-8-6-5-7-9-16/h11-12,14,16,23H,1,5-10,13H2,2-4H3/b12-11+. The molecular weight excluding hydrogens is 328 g/mol. The van der Waals surface area contributed by atoms with Crippen molar-refractivity contribution in [3.8, 4) is 11.5 Å². The SMILES string of the molecule is C=C(C)CCc1c(OC)cc(/C=C/C2CCCCC2)c(C(=O)OC)c1O. The lowest BCUT2D eigenvalue weighted by atomic mass is 9.88. The maximum absolute atomic E-state index is 12.3. The van der Waals surface area contributed by atoms with Gasteiger partial charge in [-0.05, 0) is 50.2 Å². The lowest BCUT2D eigenvalue weighted by Crippen LogP contribution is -2.08. The van der Waals surface area contributed by atoms with E-state index < -0.39 is 5.97 Å². The number of hydrogen-bond donors (Lipinski definition) is 1. The van der Waals surface area contributed by atoms with Crippen LogP contribution >= 0.6 is 0 Å². The molecule has 0 amide bonds. The summed E-state index contributed by atoms with van der Waals surface area (Å²) in [5.74, 6) is 0.510. The van der Waals surface area contributed by atoms with E-state index in [-0.39, 0.29) is 11.3 Å². The van der Waals surface area contributed by atoms with Crippen LogP contribution in [0.25, 0.3) is 6.08 Å². The van der Waals surface area contributed by atoms with Gasteiger partial charge in [0.2, 0.25) is 0 Å². The van der Waals surface area contributed by atoms with E-state index in [2.05, 4.69) is 12.7 Å². The van der Waals surface area contributed by atoms with Crippen LogP contribution in [0.15, 0.2) is 24.3 Å². The zero-order chi connectivity index (χ0) is 19.1. The Balaban J connectivity index is 2.44. The molecule has 1 aromatic carbocycles. The molecule has 4 nitrogen and oxygen atoms in total. The number of phenolic OH excluding ortho intramolecular Hbond substituents is 1. The van der Waals surface area contributed by atoms with Crippen LogP contribution in [0.3, 0.4) is 0 Å². The molecule has 142 valence electrons. The van der Waals surface area contributed by atoms with Gasteiger partial charge in [0.25, 0.3) is 0 Å². The fourth-order valence-electron chi connectivity index (χ4n) is 3.48. The summed E-state index contributed by atoms with van der Waals surface area (Å²) >= 11 is 0. The maximum Gasteiger partial charge on any atom is 0.342 e. The van der Waals surface area contributed by atoms with Gasteiger partial charge >= 0.3 is 5.97 Å². The molecule has 0 radical (unpaired) electrons. The van der Waals surface area contributed by atoms with Gasteiger partial charge in [-0.25, -0.2) is 4.79 Å². The summed E-state index contributed by atoms with van der Waals surface area (Å²) in [6, 6.07) is 1.82. The van der Waals surface area contributed by atoms with E-state index in [1.807, 2.05) is 19.1 Å². The van der Waals surface area contributed by atoms with E-state index in [1.165, 1.54) is 39.2 Å². The molecular formula is C22H30O4. The Hall–Kier alpha value is -2.23. The van der Waals surface area contributed by atoms with Crippen molar-refractivity contribution in [2.45, 2.75) is 51.9 Å². The van der Waals surface area contributed by atoms with Gasteiger partial charge in [0.15, 0.2) is 0 Å². The summed E-state index contributed by atoms with van der Waals surface area (Å²) in [5, 5.41) is 10.8. The Morgan fingerprint density at radius 3 is 2.58 bits per heavy atom. The number of methoxy groups -OCH3 is 2. The van der Waals surface area contributed by atoms with E-state index in [1.54, 1.807) is 7.11 Å². The van der Waals surface area contributed by atoms with Gasteiger partial charge in [0.05, 0.1) is 14.2 Å². The number of ether oxygens (including phenoxy) is 2. The van der Waals surface area contributed by atoms with Crippen LogP contribution in [0.1, 0.15) is 66.9 Å². The molecule has 0 heterocycles. The predicted molar refractivity (Wildman–Crippen MR) is 105 cm³/mol. The molecule has 1 aromatic rings. The van der Waals surface area contributed by atoms with Gasteiger partial charge < -0.3 is 14.6 Å². The number of esters is 1. The summed E-state index contributed by atoms with van der Waals surface area (Å²) in [6.07, 6.45) is 11.5. The Morgan fingerprint density at radius 2 is 2.00 bits per heavy atom. The third-order valence-electron chi connectivity index (χ3n) is 5.00. The van der Waals surface area contributed by atoms with Crippen molar-refractivity contribution in [2.75, 3.05) is 14.2 Å². The van der Waals surface area contributed by atoms with Crippen molar-refractivity contribution < 1.29 is 19.4 Å². The maximum atomic E-state index is 12.3. The molecule has 1 fully saturated rings. The second-order valence-electron chi connectivity index (χ2n) is 7.08. The molecule has 1 aliphatic rings. The zero-order valence-electron chi connectivity index (χ0n) is 16.1. The van der Waals surface area contributed by atoms with Gasteiger partial charge in [0, 0.05) is 5.56 Å². The Bertz CT molecular complexity index is 682. The van der Waals surface area contributed by atoms with Crippen LogP contribution in [0.4, 0.5) is 0 Å². The molecule has 0 bridgehead atoms. The van der Waals surface area contributed by atoms with Crippen LogP contribution in [0.2, 0.25) is 0 Å². The monoisotopic (exact) mass is 358 g/mol. The number of carbonyl (C=O) groups excluding carboxylic acids is 1. The first-order chi connectivity index (χ1) is 12.5. The highest BCUT2D eigenvalue weighted by Gasteiger charge is 2.23. The molecule has 0 unspecified atom stereocenters. The fraction of sp³-hybridized carbons (Fsp3) is 0.500. The number of phenols is 1. The first kappa shape index (κ1) is 20.1. The number of rotatable bonds is 7. The number of benzene rings is 1. The van der Waals surface area contributed by atoms with E-state index in [4.69, 9.17) is 9.47 Å². The smallest absolute Gasteiger partial charge is 0.342 e. The van der Waals surface area contributed by atoms with E-state index >= 15 is 0 Å². The minimum absolute atomic E-state index is 0.0549. The number of hydrogen-bond acceptors (Lipinski definition) is 4. The first-order valence-corrected chi connectivity index (χ1v) is 9.31. The Kier molecular flexibility index (Phi) is 7.31. The van der Waals surface area contributed by atoms with Gasteiger partial charge in [-0.2, -0.15) is 0 Å². The lowest BCUT2D eigenvalue weighted by Gasteiger charge is -2.19. The van der Waals surface area contributed by atoms with Crippen LogP contribution in [0.5, 0.6) is 11.5 Å². The highest BCUT2D eigenvalue weighted by Crippen LogP contribution is 2.37. The summed E-state index contributed by atoms with van der Waals surface area (Å²) in [7, 11) is 2.90. The average molecular weight is 358 g/mol. The molecule has 26 heavy (non-hydrogen) atoms. The van der Waals surface area contributed by atoms with Crippen LogP contribution < -0.4 is 4.74 Å². The van der Waals surface area contributed by atoms with E-state index in [0.29, 0.717) is 35.6 Å². The molecule has 1 saturated carbocycles. The predicted octanol–water partition coefficient (Wildman–Crippen LogP) is 5.29. The van der Waals surface area contributed by atoms with Crippen molar-refractivity contribution in [1.29, 1.82) is 0 Å². The van der Waals surface area contributed by atoms with Gasteiger partial charge in [-0.1, -0.05) is 37.0 Å². The van der Waals surface area contributed by atoms with Crippen molar-refractivity contribution in [1.82, 2.24) is 0 Å². The number of aromatic hydroxyl groups is 1. The molecule has 0 aromatic heterocycles. The van der Waals surface area contributed by atoms with Crippen LogP contribution in [0, 0.1) is 5.92 Å². The van der Waals surface area contributed by atoms with Crippen LogP contribution in [-0.2, 0) is 11.2 Å². The van der Waals surface area contributed by atoms with Gasteiger partial charge in [0.1, 0.15) is 17.1 Å². The van der Waals surface area contributed by atoms with Crippen molar-refractivity contribution in [3.05, 3.63) is 41.0 Å². The number of allylic oxidation sites excluding steroid dienone is 2. The summed E-state index contributed by atoms with van der Waals surface area (Å²) < 4.78 is 10.4. The van der Waals surface area contributed by atoms with E-state index in [9.17, 15) is 9.90 Å². The molecule has 0 spiro atoms. The topological polar surface area (TPSA) is 55.8 Å². The van der Waals surface area contributed by atoms with Crippen molar-refractivity contribution in [2.24, 2.45) is 5.92 Å². The lowest BCUT2D eigenvalue weighted by molar-refractivity contribution is 0.0597. The fourth-order valence-corrected chi connectivity index (χ4v) is 3.48. The van der Waals surface area contributed by atoms with Crippen molar-refractivity contribution >= 4 is 12.0 Å². The van der Waals surface area contributed by atoms with Crippen LogP contribution in [-0.4, -0.2) is 25.3 Å². The van der Waals surface area contributed by atoms with Gasteiger partial charge in [-0.15, -0.1) is 6.58 Å². The highest BCUT2D eigenvalue weighted by molar-refractivity contribution is 5.97. The summed E-state index contributed by atoms with van der Waals surface area (Å²) in [5.41, 5.74) is 2.46. The molecule has 4 heteroatoms. The van der Waals surface area contributed by atoms with Crippen molar-refractivity contribution in [3.63, 3.8) is 0 Å². The third kappa shape index (κ3) is 4.90. The van der Waals surface area contributed by atoms with Gasteiger partial charge in [-0.3, -0.25) is 0 Å². The number of carbonyl (C=O) groups is 1. The second kappa shape index (κ2) is 9.46. The molecule has 0 saturated heterocycles. The first-order valence-electron chi connectivity index (χ1n) is 9.31. The minimum atomic E-state index is -0.537. The minimum Gasteiger partial charge on any atom is -0.507 e. The molecule has 0 aliphatic heterocycles. The molecule has 1 N–H and O–H groups in total. The third-order valence-corrected chi connectivity index (χ3v) is 5.00. The highest BCUT2D eigenvalue weighted by atomic mass is 16.5. The molecule has 1 aliphatic carbocycles. The molecule has 2 rings (SSSR count). The summed E-state index contributed by atoms with van der Waals surface area (Å²) in [4.78, 5) is 12.3. The second-order valence-corrected chi connectivity index (χ2v) is 7.08. The molecule has 0 atom stereocenters. The quantitative estimate of drug-likeness (QED) is 0.531. The largest absolute Gasteiger partial charge is 0.507 e. The zero-order valence-corrected chi connectivity index (χ0v) is 16.1.